The van der Waals surface area contributed by atoms with Gasteiger partial charge in [-0.2, -0.15) is 5.10 Å². The van der Waals surface area contributed by atoms with Crippen molar-refractivity contribution in [3.63, 3.8) is 0 Å². The standard InChI is InChI=1S/C21H13BrCl4N2O2/c22-16-7-13(10-27-28-21(29)14-2-4-15(23)5-3-14)9-19(26)20(16)30-11-12-1-6-17(24)18(25)8-12/h1-10H,11H2,(H,28,29)/b27-10-. The van der Waals surface area contributed by atoms with E-state index >= 15 is 0 Å². The van der Waals surface area contributed by atoms with Crippen molar-refractivity contribution in [2.75, 3.05) is 0 Å². The zero-order valence-electron chi connectivity index (χ0n) is 15.1. The molecule has 0 aliphatic rings. The van der Waals surface area contributed by atoms with Gasteiger partial charge in [0.1, 0.15) is 6.61 Å². The summed E-state index contributed by atoms with van der Waals surface area (Å²) in [6.45, 7) is 0.264. The molecule has 0 bridgehead atoms. The molecule has 3 aromatic rings. The van der Waals surface area contributed by atoms with Crippen molar-refractivity contribution in [3.8, 4) is 5.75 Å². The second-order valence-corrected chi connectivity index (χ2v) is 8.57. The number of ether oxygens (including phenoxy) is 1. The normalized spacial score (nSPS) is 11.0. The van der Waals surface area contributed by atoms with E-state index in [1.54, 1.807) is 48.5 Å². The number of amides is 1. The van der Waals surface area contributed by atoms with Gasteiger partial charge in [-0.05, 0) is 75.6 Å². The Morgan fingerprint density at radius 1 is 0.967 bits per heavy atom. The predicted molar refractivity (Wildman–Crippen MR) is 126 cm³/mol. The molecule has 0 spiro atoms. The SMILES string of the molecule is O=C(N/N=C\c1cc(Cl)c(OCc2ccc(Cl)c(Cl)c2)c(Br)c1)c1ccc(Cl)cc1. The number of nitrogens with zero attached hydrogens (tertiary/aromatic N) is 1. The highest BCUT2D eigenvalue weighted by Crippen LogP contribution is 2.35. The van der Waals surface area contributed by atoms with Crippen LogP contribution in [-0.2, 0) is 6.61 Å². The fourth-order valence-corrected chi connectivity index (χ4v) is 3.84. The topological polar surface area (TPSA) is 50.7 Å². The van der Waals surface area contributed by atoms with Crippen LogP contribution < -0.4 is 10.2 Å². The second kappa shape index (κ2) is 10.5. The van der Waals surface area contributed by atoms with Gasteiger partial charge < -0.3 is 4.74 Å². The molecular weight excluding hydrogens is 534 g/mol. The minimum Gasteiger partial charge on any atom is -0.486 e. The number of rotatable bonds is 6. The Bertz CT molecular complexity index is 1080. The molecule has 9 heteroatoms. The van der Waals surface area contributed by atoms with Crippen LogP contribution in [0, 0.1) is 0 Å². The molecule has 0 saturated heterocycles. The lowest BCUT2D eigenvalue weighted by molar-refractivity contribution is 0.0955. The van der Waals surface area contributed by atoms with E-state index < -0.39 is 0 Å². The number of hydrazone groups is 1. The summed E-state index contributed by atoms with van der Waals surface area (Å²) < 4.78 is 6.45. The third-order valence-corrected chi connectivity index (χ3v) is 5.73. The van der Waals surface area contributed by atoms with E-state index in [4.69, 9.17) is 51.1 Å². The summed E-state index contributed by atoms with van der Waals surface area (Å²) in [7, 11) is 0. The third-order valence-electron chi connectivity index (χ3n) is 3.87. The highest BCUT2D eigenvalue weighted by Gasteiger charge is 2.10. The lowest BCUT2D eigenvalue weighted by atomic mass is 10.2. The summed E-state index contributed by atoms with van der Waals surface area (Å²) in [6.07, 6.45) is 1.48. The average Bonchev–Trinajstić information content (AvgIpc) is 2.70. The third kappa shape index (κ3) is 6.13. The Morgan fingerprint density at radius 2 is 1.70 bits per heavy atom. The highest BCUT2D eigenvalue weighted by atomic mass is 79.9. The lowest BCUT2D eigenvalue weighted by Crippen LogP contribution is -2.17. The van der Waals surface area contributed by atoms with Crippen molar-refractivity contribution in [1.29, 1.82) is 0 Å². The molecule has 1 amide bonds. The van der Waals surface area contributed by atoms with Crippen LogP contribution in [0.5, 0.6) is 5.75 Å². The van der Waals surface area contributed by atoms with Gasteiger partial charge in [0.05, 0.1) is 25.8 Å². The minimum absolute atomic E-state index is 0.264. The number of hydrogen-bond acceptors (Lipinski definition) is 3. The van der Waals surface area contributed by atoms with Crippen molar-refractivity contribution in [3.05, 3.63) is 95.9 Å². The smallest absolute Gasteiger partial charge is 0.271 e. The molecule has 0 heterocycles. The van der Waals surface area contributed by atoms with Crippen LogP contribution in [0.2, 0.25) is 20.1 Å². The first kappa shape index (κ1) is 22.9. The molecule has 0 unspecified atom stereocenters. The Hall–Kier alpha value is -1.76. The summed E-state index contributed by atoms with van der Waals surface area (Å²) in [5.74, 6) is 0.125. The fraction of sp³-hybridized carbons (Fsp3) is 0.0476. The first-order valence-electron chi connectivity index (χ1n) is 8.48. The molecule has 0 radical (unpaired) electrons. The van der Waals surface area contributed by atoms with E-state index in [-0.39, 0.29) is 12.5 Å². The molecule has 0 saturated carbocycles. The van der Waals surface area contributed by atoms with Gasteiger partial charge in [0, 0.05) is 10.6 Å². The van der Waals surface area contributed by atoms with Gasteiger partial charge in [-0.25, -0.2) is 5.43 Å². The number of carbonyl (C=O) groups excluding carboxylic acids is 1. The number of benzene rings is 3. The van der Waals surface area contributed by atoms with Crippen molar-refractivity contribution in [2.24, 2.45) is 5.10 Å². The van der Waals surface area contributed by atoms with Gasteiger partial charge in [0.2, 0.25) is 0 Å². The second-order valence-electron chi connectivity index (χ2n) is 6.06. The lowest BCUT2D eigenvalue weighted by Gasteiger charge is -2.11. The van der Waals surface area contributed by atoms with E-state index in [1.165, 1.54) is 6.21 Å². The molecule has 3 aromatic carbocycles. The van der Waals surface area contributed by atoms with E-state index in [2.05, 4.69) is 26.5 Å². The molecule has 0 aliphatic carbocycles. The van der Waals surface area contributed by atoms with Crippen LogP contribution in [0.4, 0.5) is 0 Å². The van der Waals surface area contributed by atoms with Crippen LogP contribution in [0.1, 0.15) is 21.5 Å². The maximum absolute atomic E-state index is 12.1. The first-order chi connectivity index (χ1) is 14.3. The minimum atomic E-state index is -0.352. The molecule has 4 nitrogen and oxygen atoms in total. The molecule has 0 aliphatic heterocycles. The summed E-state index contributed by atoms with van der Waals surface area (Å²) in [5, 5.41) is 5.83. The van der Waals surface area contributed by atoms with Gasteiger partial charge in [-0.1, -0.05) is 52.5 Å². The molecule has 0 atom stereocenters. The Morgan fingerprint density at radius 3 is 2.37 bits per heavy atom. The van der Waals surface area contributed by atoms with Gasteiger partial charge in [0.15, 0.2) is 5.75 Å². The predicted octanol–water partition coefficient (Wildman–Crippen LogP) is 7.41. The molecule has 0 fully saturated rings. The summed E-state index contributed by atoms with van der Waals surface area (Å²) in [4.78, 5) is 12.1. The van der Waals surface area contributed by atoms with Crippen LogP contribution >= 0.6 is 62.3 Å². The van der Waals surface area contributed by atoms with Gasteiger partial charge in [-0.3, -0.25) is 4.79 Å². The van der Waals surface area contributed by atoms with Crippen LogP contribution in [0.25, 0.3) is 0 Å². The average molecular weight is 547 g/mol. The first-order valence-corrected chi connectivity index (χ1v) is 10.8. The summed E-state index contributed by atoms with van der Waals surface area (Å²) in [6, 6.07) is 15.2. The van der Waals surface area contributed by atoms with Crippen LogP contribution in [0.15, 0.2) is 64.2 Å². The number of nitrogens with one attached hydrogen (secondary N) is 1. The van der Waals surface area contributed by atoms with E-state index in [0.29, 0.717) is 41.4 Å². The van der Waals surface area contributed by atoms with Crippen molar-refractivity contribution in [1.82, 2.24) is 5.43 Å². The van der Waals surface area contributed by atoms with E-state index in [9.17, 15) is 4.79 Å². The van der Waals surface area contributed by atoms with Crippen LogP contribution in [-0.4, -0.2) is 12.1 Å². The van der Waals surface area contributed by atoms with Crippen molar-refractivity contribution < 1.29 is 9.53 Å². The highest BCUT2D eigenvalue weighted by molar-refractivity contribution is 9.10. The Kier molecular flexibility index (Phi) is 8.03. The van der Waals surface area contributed by atoms with Crippen molar-refractivity contribution >= 4 is 74.5 Å². The zero-order chi connectivity index (χ0) is 21.7. The van der Waals surface area contributed by atoms with Crippen molar-refractivity contribution in [2.45, 2.75) is 6.61 Å². The monoisotopic (exact) mass is 544 g/mol. The van der Waals surface area contributed by atoms with Crippen LogP contribution in [0.3, 0.4) is 0 Å². The quantitative estimate of drug-likeness (QED) is 0.258. The molecule has 30 heavy (non-hydrogen) atoms. The Balaban J connectivity index is 1.64. The molecule has 154 valence electrons. The van der Waals surface area contributed by atoms with Gasteiger partial charge >= 0.3 is 0 Å². The number of carbonyl (C=O) groups is 1. The van der Waals surface area contributed by atoms with Gasteiger partial charge in [-0.15, -0.1) is 0 Å². The molecule has 3 rings (SSSR count). The maximum atomic E-state index is 12.1. The Labute approximate surface area is 201 Å². The van der Waals surface area contributed by atoms with E-state index in [0.717, 1.165) is 5.56 Å². The number of halogens is 5. The maximum Gasteiger partial charge on any atom is 0.271 e. The summed E-state index contributed by atoms with van der Waals surface area (Å²) in [5.41, 5.74) is 4.42. The zero-order valence-corrected chi connectivity index (χ0v) is 19.7. The van der Waals surface area contributed by atoms with Gasteiger partial charge in [0.25, 0.3) is 5.91 Å². The van der Waals surface area contributed by atoms with E-state index in [1.807, 2.05) is 6.07 Å². The molecular formula is C21H13BrCl4N2O2. The molecule has 0 aromatic heterocycles. The molecule has 1 N–H and O–H groups in total. The largest absolute Gasteiger partial charge is 0.486 e. The fourth-order valence-electron chi connectivity index (χ4n) is 2.41. The number of hydrogen-bond donors (Lipinski definition) is 1. The summed E-state index contributed by atoms with van der Waals surface area (Å²) >= 11 is 27.5.